The van der Waals surface area contributed by atoms with Crippen LogP contribution < -0.4 is 9.80 Å². The summed E-state index contributed by atoms with van der Waals surface area (Å²) in [6.07, 6.45) is 3.04. The lowest BCUT2D eigenvalue weighted by atomic mass is 9.72. The molecule has 0 saturated carbocycles. The van der Waals surface area contributed by atoms with Crippen LogP contribution in [0.1, 0.15) is 59.1 Å². The van der Waals surface area contributed by atoms with Gasteiger partial charge < -0.3 is 52.3 Å². The summed E-state index contributed by atoms with van der Waals surface area (Å²) in [6.45, 7) is 10.8. The summed E-state index contributed by atoms with van der Waals surface area (Å²) in [5.74, 6) is 0. The first kappa shape index (κ1) is 70.6. The molecule has 1 aromatic heterocycles. The lowest BCUT2D eigenvalue weighted by molar-refractivity contribution is 0.0490. The molecule has 0 N–H and O–H groups in total. The lowest BCUT2D eigenvalue weighted by Crippen LogP contribution is -2.30. The van der Waals surface area contributed by atoms with Crippen molar-refractivity contribution in [2.45, 2.75) is 50.4 Å². The summed E-state index contributed by atoms with van der Waals surface area (Å²) in [5.41, 5.74) is 26.1. The van der Waals surface area contributed by atoms with E-state index in [4.69, 9.17) is 37.9 Å². The topological polar surface area (TPSA) is 85.3 Å². The Morgan fingerprint density at radius 3 is 1.19 bits per heavy atom. The fourth-order valence-electron chi connectivity index (χ4n) is 16.5. The SMILES string of the molecule is COCCOCCC1(CCOCCOC)c2cc(C)ccc2-c2ccc(N(c3ccc(-c4ccc5c(c4)c4ccccc4n5-c4ccc(N(c5ccc(-c6ccccc6)cc5)c5cccc6ccccc56)cc4)cc3)c3ccc4c(c3)C(CCOCCOC)(CCOCCOC)c3cc(C)ccc3-4)cc21. The van der Waals surface area contributed by atoms with E-state index in [0.717, 1.165) is 87.7 Å². The Labute approximate surface area is 618 Å². The van der Waals surface area contributed by atoms with Crippen LogP contribution in [0.25, 0.3) is 82.8 Å². The standard InChI is InChI=1S/C94H93N3O8/c1-66-23-40-80-82-42-38-77(64-88(82)93(86(80)61-66,45-49-102-57-53-98-3)46-50-103-58-54-99-4)95(78-39-43-83-81-41-24-67(2)62-87(81)94(89(83)65-78,47-51-104-59-55-100-5)48-52-105-60-56-101-6)73-30-27-70(28-31-73)72-29-44-92-85(63-72)84-20-12-13-21-91(84)97(92)76-36-34-75(35-37-76)96(90-22-14-18-71-17-10-11-19-79(71)90)74-32-25-69(26-33-74)68-15-8-7-9-16-68/h7-44,61-65H,45-60H2,1-6H3. The van der Waals surface area contributed by atoms with E-state index in [0.29, 0.717) is 79.3 Å². The van der Waals surface area contributed by atoms with Crippen LogP contribution in [-0.4, -0.2) is 112 Å². The number of methoxy groups -OCH3 is 4. The van der Waals surface area contributed by atoms with Crippen LogP contribution in [0.5, 0.6) is 0 Å². The molecule has 0 aliphatic heterocycles. The average Bonchev–Trinajstić information content (AvgIpc) is 1.58. The molecule has 0 unspecified atom stereocenters. The molecular formula is C94H93N3O8. The van der Waals surface area contributed by atoms with Gasteiger partial charge in [0.25, 0.3) is 0 Å². The minimum atomic E-state index is -0.429. The van der Waals surface area contributed by atoms with E-state index >= 15 is 0 Å². The van der Waals surface area contributed by atoms with E-state index in [2.05, 4.69) is 289 Å². The summed E-state index contributed by atoms with van der Waals surface area (Å²) < 4.78 is 50.0. The molecule has 12 aromatic carbocycles. The highest BCUT2D eigenvalue weighted by molar-refractivity contribution is 6.11. The summed E-state index contributed by atoms with van der Waals surface area (Å²) in [7, 11) is 6.90. The molecule has 0 fully saturated rings. The normalized spacial score (nSPS) is 13.2. The summed E-state index contributed by atoms with van der Waals surface area (Å²) in [4.78, 5) is 4.86. The first-order valence-corrected chi connectivity index (χ1v) is 37.0. The van der Waals surface area contributed by atoms with E-state index in [1.807, 2.05) is 0 Å². The fraction of sp³-hybridized carbons (Fsp3) is 0.255. The minimum absolute atomic E-state index is 0.429. The molecule has 0 bridgehead atoms. The van der Waals surface area contributed by atoms with Crippen LogP contribution >= 0.6 is 0 Å². The maximum Gasteiger partial charge on any atom is 0.0700 e. The molecule has 0 atom stereocenters. The third kappa shape index (κ3) is 14.2. The molecule has 0 radical (unpaired) electrons. The van der Waals surface area contributed by atoms with Crippen molar-refractivity contribution in [2.24, 2.45) is 0 Å². The fourth-order valence-corrected chi connectivity index (χ4v) is 16.5. The smallest absolute Gasteiger partial charge is 0.0700 e. The van der Waals surface area contributed by atoms with Gasteiger partial charge in [0.05, 0.1) is 69.6 Å². The minimum Gasteiger partial charge on any atom is -0.382 e. The largest absolute Gasteiger partial charge is 0.382 e. The predicted molar refractivity (Wildman–Crippen MR) is 430 cm³/mol. The molecule has 0 spiro atoms. The van der Waals surface area contributed by atoms with Crippen molar-refractivity contribution in [1.29, 1.82) is 0 Å². The molecule has 0 saturated heterocycles. The van der Waals surface area contributed by atoms with Crippen molar-refractivity contribution in [3.05, 3.63) is 294 Å². The number of anilines is 6. The van der Waals surface area contributed by atoms with Crippen LogP contribution in [0.2, 0.25) is 0 Å². The number of aromatic nitrogens is 1. The van der Waals surface area contributed by atoms with Crippen LogP contribution in [-0.2, 0) is 48.7 Å². The highest BCUT2D eigenvalue weighted by atomic mass is 16.5. The number of benzene rings is 12. The van der Waals surface area contributed by atoms with Crippen molar-refractivity contribution in [2.75, 3.05) is 118 Å². The Bertz CT molecular complexity index is 4980. The second-order valence-corrected chi connectivity index (χ2v) is 27.9. The third-order valence-electron chi connectivity index (χ3n) is 21.7. The second kappa shape index (κ2) is 32.1. The Kier molecular flexibility index (Phi) is 21.6. The molecule has 13 aromatic rings. The number of rotatable bonds is 33. The Balaban J connectivity index is 0.830. The zero-order valence-corrected chi connectivity index (χ0v) is 61.2. The van der Waals surface area contributed by atoms with E-state index in [9.17, 15) is 0 Å². The summed E-state index contributed by atoms with van der Waals surface area (Å²) in [6, 6.07) is 97.1. The molecule has 11 heteroatoms. The molecule has 0 amide bonds. The number of fused-ring (bicyclic) bond motifs is 10. The van der Waals surface area contributed by atoms with Crippen molar-refractivity contribution < 1.29 is 37.9 Å². The number of ether oxygens (including phenoxy) is 8. The van der Waals surface area contributed by atoms with Crippen LogP contribution in [0.15, 0.2) is 261 Å². The molecule has 2 aliphatic rings. The number of aryl methyl sites for hydroxylation is 2. The first-order valence-electron chi connectivity index (χ1n) is 37.0. The number of para-hydroxylation sites is 1. The second-order valence-electron chi connectivity index (χ2n) is 27.9. The van der Waals surface area contributed by atoms with Gasteiger partial charge in [0, 0.05) is 116 Å². The van der Waals surface area contributed by atoms with Gasteiger partial charge in [-0.25, -0.2) is 0 Å². The molecular weight excluding hydrogens is 1300 g/mol. The van der Waals surface area contributed by atoms with Gasteiger partial charge in [0.1, 0.15) is 0 Å². The summed E-state index contributed by atoms with van der Waals surface area (Å²) >= 11 is 0. The van der Waals surface area contributed by atoms with Gasteiger partial charge in [-0.2, -0.15) is 0 Å². The zero-order valence-electron chi connectivity index (χ0n) is 61.2. The van der Waals surface area contributed by atoms with Gasteiger partial charge in [-0.05, 0) is 209 Å². The highest BCUT2D eigenvalue weighted by Crippen LogP contribution is 2.58. The zero-order chi connectivity index (χ0) is 71.7. The average molecular weight is 1390 g/mol. The van der Waals surface area contributed by atoms with Gasteiger partial charge >= 0.3 is 0 Å². The van der Waals surface area contributed by atoms with Crippen molar-refractivity contribution in [3.63, 3.8) is 0 Å². The molecule has 105 heavy (non-hydrogen) atoms. The number of hydrogen-bond donors (Lipinski definition) is 0. The van der Waals surface area contributed by atoms with Gasteiger partial charge in [-0.3, -0.25) is 0 Å². The third-order valence-corrected chi connectivity index (χ3v) is 21.7. The highest BCUT2D eigenvalue weighted by Gasteiger charge is 2.45. The van der Waals surface area contributed by atoms with Crippen molar-refractivity contribution in [1.82, 2.24) is 4.57 Å². The monoisotopic (exact) mass is 1390 g/mol. The summed E-state index contributed by atoms with van der Waals surface area (Å²) in [5, 5.41) is 4.76. The molecule has 532 valence electrons. The predicted octanol–water partition coefficient (Wildman–Crippen LogP) is 21.6. The molecule has 1 heterocycles. The van der Waals surface area contributed by atoms with Crippen molar-refractivity contribution in [3.8, 4) is 50.2 Å². The van der Waals surface area contributed by atoms with Gasteiger partial charge in [-0.15, -0.1) is 0 Å². The number of nitrogens with zero attached hydrogens (tertiary/aromatic N) is 3. The number of hydrogen-bond acceptors (Lipinski definition) is 10. The molecule has 11 nitrogen and oxygen atoms in total. The quantitative estimate of drug-likeness (QED) is 0.0371. The molecule has 2 aliphatic carbocycles. The lowest BCUT2D eigenvalue weighted by Gasteiger charge is -2.35. The maximum absolute atomic E-state index is 6.42. The Hall–Kier alpha value is -10.0. The van der Waals surface area contributed by atoms with E-state index in [1.54, 1.807) is 28.4 Å². The van der Waals surface area contributed by atoms with E-state index < -0.39 is 10.8 Å². The van der Waals surface area contributed by atoms with E-state index in [-0.39, 0.29) is 0 Å². The molecule has 15 rings (SSSR count). The van der Waals surface area contributed by atoms with Crippen LogP contribution in [0.3, 0.4) is 0 Å². The van der Waals surface area contributed by atoms with Crippen LogP contribution in [0.4, 0.5) is 34.1 Å². The van der Waals surface area contributed by atoms with Crippen LogP contribution in [0, 0.1) is 13.8 Å². The van der Waals surface area contributed by atoms with E-state index in [1.165, 1.54) is 88.3 Å². The maximum atomic E-state index is 6.42. The van der Waals surface area contributed by atoms with Crippen molar-refractivity contribution >= 4 is 66.7 Å². The Morgan fingerprint density at radius 1 is 0.286 bits per heavy atom. The van der Waals surface area contributed by atoms with Gasteiger partial charge in [-0.1, -0.05) is 175 Å². The first-order chi connectivity index (χ1) is 51.7. The van der Waals surface area contributed by atoms with Gasteiger partial charge in [0.2, 0.25) is 0 Å². The van der Waals surface area contributed by atoms with Gasteiger partial charge in [0.15, 0.2) is 0 Å². The Morgan fingerprint density at radius 2 is 0.676 bits per heavy atom.